The Morgan fingerprint density at radius 3 is 2.75 bits per heavy atom. The van der Waals surface area contributed by atoms with Gasteiger partial charge >= 0.3 is 0 Å². The van der Waals surface area contributed by atoms with Crippen LogP contribution in [0.5, 0.6) is 0 Å². The average Bonchev–Trinajstić information content (AvgIpc) is 2.40. The first-order valence-electron chi connectivity index (χ1n) is 5.31. The molecule has 0 saturated carbocycles. The van der Waals surface area contributed by atoms with E-state index >= 15 is 0 Å². The van der Waals surface area contributed by atoms with Gasteiger partial charge in [-0.15, -0.1) is 0 Å². The van der Waals surface area contributed by atoms with Crippen molar-refractivity contribution in [3.8, 4) is 0 Å². The third-order valence-corrected chi connectivity index (χ3v) is 2.49. The van der Waals surface area contributed by atoms with E-state index in [9.17, 15) is 5.11 Å². The van der Waals surface area contributed by atoms with Gasteiger partial charge in [0.15, 0.2) is 0 Å². The predicted molar refractivity (Wildman–Crippen MR) is 63.8 cm³/mol. The summed E-state index contributed by atoms with van der Waals surface area (Å²) in [4.78, 5) is 2.04. The molecular formula is C10H21N5O. The van der Waals surface area contributed by atoms with Crippen LogP contribution < -0.4 is 11.3 Å². The van der Waals surface area contributed by atoms with Crippen molar-refractivity contribution in [3.05, 3.63) is 11.3 Å². The van der Waals surface area contributed by atoms with Crippen molar-refractivity contribution in [2.45, 2.75) is 26.5 Å². The minimum absolute atomic E-state index is 0.337. The van der Waals surface area contributed by atoms with E-state index < -0.39 is 0 Å². The molecule has 0 aliphatic heterocycles. The molecule has 0 fully saturated rings. The predicted octanol–water partition coefficient (Wildman–Crippen LogP) is -0.173. The van der Waals surface area contributed by atoms with Gasteiger partial charge in [-0.25, -0.2) is 5.84 Å². The fourth-order valence-corrected chi connectivity index (χ4v) is 1.86. The van der Waals surface area contributed by atoms with Gasteiger partial charge in [-0.1, -0.05) is 0 Å². The lowest BCUT2D eigenvalue weighted by atomic mass is 10.2. The summed E-state index contributed by atoms with van der Waals surface area (Å²) in [6.07, 6.45) is -0.337. The lowest BCUT2D eigenvalue weighted by molar-refractivity contribution is 0.138. The second-order valence-electron chi connectivity index (χ2n) is 4.23. The van der Waals surface area contributed by atoms with Crippen LogP contribution >= 0.6 is 0 Å². The standard InChI is InChI=1S/C10H21N5O/c1-7(16)5-14(3)6-9-8(2)13-15(4)10(9)12-11/h7,12,16H,5-6,11H2,1-4H3. The number of anilines is 1. The second-order valence-corrected chi connectivity index (χ2v) is 4.23. The fourth-order valence-electron chi connectivity index (χ4n) is 1.86. The molecule has 0 saturated heterocycles. The maximum Gasteiger partial charge on any atom is 0.142 e. The highest BCUT2D eigenvalue weighted by atomic mass is 16.3. The minimum Gasteiger partial charge on any atom is -0.392 e. The summed E-state index contributed by atoms with van der Waals surface area (Å²) in [7, 11) is 3.81. The quantitative estimate of drug-likeness (QED) is 0.480. The van der Waals surface area contributed by atoms with E-state index in [1.165, 1.54) is 0 Å². The van der Waals surface area contributed by atoms with Gasteiger partial charge in [0.05, 0.1) is 11.8 Å². The van der Waals surface area contributed by atoms with Crippen LogP contribution in [0, 0.1) is 6.92 Å². The number of aliphatic hydroxyl groups is 1. The van der Waals surface area contributed by atoms with E-state index in [1.807, 2.05) is 25.9 Å². The molecule has 0 aliphatic carbocycles. The first-order valence-corrected chi connectivity index (χ1v) is 5.31. The summed E-state index contributed by atoms with van der Waals surface area (Å²) in [6.45, 7) is 5.06. The number of likely N-dealkylation sites (N-methyl/N-ethyl adjacent to an activating group) is 1. The Labute approximate surface area is 96.0 Å². The third-order valence-electron chi connectivity index (χ3n) is 2.49. The number of hydrogen-bond donors (Lipinski definition) is 3. The van der Waals surface area contributed by atoms with Crippen molar-refractivity contribution in [3.63, 3.8) is 0 Å². The number of aromatic nitrogens is 2. The number of nitrogen functional groups attached to an aromatic ring is 1. The van der Waals surface area contributed by atoms with Crippen molar-refractivity contribution < 1.29 is 5.11 Å². The molecule has 0 aromatic carbocycles. The maximum absolute atomic E-state index is 9.30. The first kappa shape index (κ1) is 13.0. The molecule has 6 heteroatoms. The normalized spacial score (nSPS) is 13.2. The molecule has 92 valence electrons. The van der Waals surface area contributed by atoms with E-state index in [0.29, 0.717) is 13.1 Å². The van der Waals surface area contributed by atoms with Gasteiger partial charge in [-0.05, 0) is 20.9 Å². The molecule has 0 bridgehead atoms. The van der Waals surface area contributed by atoms with Gasteiger partial charge in [0, 0.05) is 25.7 Å². The van der Waals surface area contributed by atoms with Gasteiger partial charge in [0.1, 0.15) is 5.82 Å². The Morgan fingerprint density at radius 1 is 1.62 bits per heavy atom. The summed E-state index contributed by atoms with van der Waals surface area (Å²) in [5, 5.41) is 13.6. The highest BCUT2D eigenvalue weighted by Gasteiger charge is 2.14. The molecule has 1 atom stereocenters. The fraction of sp³-hybridized carbons (Fsp3) is 0.700. The average molecular weight is 227 g/mol. The van der Waals surface area contributed by atoms with Crippen LogP contribution in [0.4, 0.5) is 5.82 Å². The molecule has 0 spiro atoms. The van der Waals surface area contributed by atoms with E-state index in [0.717, 1.165) is 17.1 Å². The molecule has 0 radical (unpaired) electrons. The van der Waals surface area contributed by atoms with Crippen molar-refractivity contribution in [2.24, 2.45) is 12.9 Å². The van der Waals surface area contributed by atoms with Crippen LogP contribution in [-0.2, 0) is 13.6 Å². The number of rotatable bonds is 5. The molecule has 1 aromatic heterocycles. The number of hydrazine groups is 1. The van der Waals surface area contributed by atoms with Gasteiger partial charge in [0.2, 0.25) is 0 Å². The number of nitrogens with two attached hydrogens (primary N) is 1. The minimum atomic E-state index is -0.337. The van der Waals surface area contributed by atoms with Crippen molar-refractivity contribution in [1.29, 1.82) is 0 Å². The molecule has 6 nitrogen and oxygen atoms in total. The van der Waals surface area contributed by atoms with E-state index in [-0.39, 0.29) is 6.10 Å². The molecule has 0 amide bonds. The van der Waals surface area contributed by atoms with Crippen molar-refractivity contribution in [2.75, 3.05) is 19.0 Å². The zero-order valence-corrected chi connectivity index (χ0v) is 10.4. The molecule has 1 unspecified atom stereocenters. The number of nitrogens with one attached hydrogen (secondary N) is 1. The van der Waals surface area contributed by atoms with Gasteiger partial charge < -0.3 is 10.5 Å². The highest BCUT2D eigenvalue weighted by molar-refractivity contribution is 5.46. The van der Waals surface area contributed by atoms with Crippen LogP contribution in [-0.4, -0.2) is 39.5 Å². The Kier molecular flexibility index (Phi) is 4.28. The summed E-state index contributed by atoms with van der Waals surface area (Å²) in [5.74, 6) is 6.28. The van der Waals surface area contributed by atoms with Gasteiger partial charge in [-0.3, -0.25) is 9.58 Å². The molecule has 16 heavy (non-hydrogen) atoms. The molecular weight excluding hydrogens is 206 g/mol. The second kappa shape index (κ2) is 5.29. The van der Waals surface area contributed by atoms with Crippen molar-refractivity contribution >= 4 is 5.82 Å². The molecule has 4 N–H and O–H groups in total. The van der Waals surface area contributed by atoms with E-state index in [4.69, 9.17) is 5.84 Å². The molecule has 0 aliphatic rings. The SMILES string of the molecule is Cc1nn(C)c(NN)c1CN(C)CC(C)O. The lowest BCUT2D eigenvalue weighted by Crippen LogP contribution is -2.27. The van der Waals surface area contributed by atoms with Crippen LogP contribution in [0.2, 0.25) is 0 Å². The first-order chi connectivity index (χ1) is 7.45. The van der Waals surface area contributed by atoms with E-state index in [2.05, 4.69) is 10.5 Å². The Bertz CT molecular complexity index is 347. The summed E-state index contributed by atoms with van der Waals surface area (Å²) in [6, 6.07) is 0. The molecule has 1 heterocycles. The number of hydrogen-bond acceptors (Lipinski definition) is 5. The zero-order chi connectivity index (χ0) is 12.3. The van der Waals surface area contributed by atoms with Crippen LogP contribution in [0.15, 0.2) is 0 Å². The smallest absolute Gasteiger partial charge is 0.142 e. The summed E-state index contributed by atoms with van der Waals surface area (Å²) < 4.78 is 1.72. The largest absolute Gasteiger partial charge is 0.392 e. The Hall–Kier alpha value is -1.11. The lowest BCUT2D eigenvalue weighted by Gasteiger charge is -2.18. The monoisotopic (exact) mass is 227 g/mol. The molecule has 1 aromatic rings. The van der Waals surface area contributed by atoms with Crippen LogP contribution in [0.1, 0.15) is 18.2 Å². The number of aryl methyl sites for hydroxylation is 2. The van der Waals surface area contributed by atoms with Crippen LogP contribution in [0.3, 0.4) is 0 Å². The topological polar surface area (TPSA) is 79.3 Å². The summed E-state index contributed by atoms with van der Waals surface area (Å²) in [5.41, 5.74) is 4.67. The highest BCUT2D eigenvalue weighted by Crippen LogP contribution is 2.19. The van der Waals surface area contributed by atoms with Gasteiger partial charge in [-0.2, -0.15) is 5.10 Å². The van der Waals surface area contributed by atoms with Gasteiger partial charge in [0.25, 0.3) is 0 Å². The number of nitrogens with zero attached hydrogens (tertiary/aromatic N) is 3. The zero-order valence-electron chi connectivity index (χ0n) is 10.4. The summed E-state index contributed by atoms with van der Waals surface area (Å²) >= 11 is 0. The van der Waals surface area contributed by atoms with Crippen LogP contribution in [0.25, 0.3) is 0 Å². The Balaban J connectivity index is 2.79. The third kappa shape index (κ3) is 2.94. The van der Waals surface area contributed by atoms with Crippen molar-refractivity contribution in [1.82, 2.24) is 14.7 Å². The van der Waals surface area contributed by atoms with E-state index in [1.54, 1.807) is 11.6 Å². The molecule has 1 rings (SSSR count). The Morgan fingerprint density at radius 2 is 2.25 bits per heavy atom. The maximum atomic E-state index is 9.30. The number of aliphatic hydroxyl groups excluding tert-OH is 1.